The van der Waals surface area contributed by atoms with Gasteiger partial charge in [-0.3, -0.25) is 9.59 Å². The van der Waals surface area contributed by atoms with E-state index in [9.17, 15) is 14.8 Å². The van der Waals surface area contributed by atoms with E-state index in [2.05, 4.69) is 4.98 Å². The Kier molecular flexibility index (Phi) is 2.47. The summed E-state index contributed by atoms with van der Waals surface area (Å²) in [6.07, 6.45) is 2.25. The van der Waals surface area contributed by atoms with Crippen LogP contribution in [0.3, 0.4) is 0 Å². The van der Waals surface area contributed by atoms with E-state index in [1.165, 1.54) is 12.3 Å². The Bertz CT molecular complexity index is 929. The number of rotatable bonds is 1. The molecule has 0 amide bonds. The Morgan fingerprint density at radius 1 is 1.05 bits per heavy atom. The van der Waals surface area contributed by atoms with Gasteiger partial charge >= 0.3 is 0 Å². The van der Waals surface area contributed by atoms with Crippen LogP contribution in [0.1, 0.15) is 32.3 Å². The van der Waals surface area contributed by atoms with Gasteiger partial charge in [-0.15, -0.1) is 0 Å². The number of hydrogen-bond donors (Lipinski definition) is 0. The fraction of sp³-hybridized carbons (Fsp3) is 0. The highest BCUT2D eigenvalue weighted by Gasteiger charge is 2.41. The molecule has 4 rings (SSSR count). The molecule has 6 nitrogen and oxygen atoms in total. The zero-order valence-corrected chi connectivity index (χ0v) is 11.1. The second-order valence-corrected chi connectivity index (χ2v) is 4.83. The van der Waals surface area contributed by atoms with Crippen LogP contribution in [0.15, 0.2) is 53.4 Å². The molecule has 1 aromatic carbocycles. The maximum atomic E-state index is 12.6. The van der Waals surface area contributed by atoms with Gasteiger partial charge in [-0.05, 0) is 5.56 Å². The lowest BCUT2D eigenvalue weighted by molar-refractivity contribution is -0.607. The number of hydrogen-bond acceptors (Lipinski definition) is 5. The number of pyridine rings is 1. The molecule has 6 heteroatoms. The first-order valence-corrected chi connectivity index (χ1v) is 6.53. The maximum absolute atomic E-state index is 12.6. The standard InChI is InChI=1S/C16H8N2O4/c19-14-11-10(9-4-2-1-3-5-9)6-7-18(21)13(11)15(20)16-12(14)17-8-22-16/h1-8H. The van der Waals surface area contributed by atoms with Crippen molar-refractivity contribution >= 4 is 11.6 Å². The highest BCUT2D eigenvalue weighted by molar-refractivity contribution is 6.27. The average Bonchev–Trinajstić information content (AvgIpc) is 3.03. The molecule has 0 unspecified atom stereocenters. The predicted octanol–water partition coefficient (Wildman–Crippen LogP) is 1.75. The smallest absolute Gasteiger partial charge is 0.296 e. The summed E-state index contributed by atoms with van der Waals surface area (Å²) < 4.78 is 5.36. The van der Waals surface area contributed by atoms with E-state index in [1.54, 1.807) is 12.1 Å². The van der Waals surface area contributed by atoms with Gasteiger partial charge in [-0.1, -0.05) is 30.3 Å². The minimum Gasteiger partial charge on any atom is -0.618 e. The number of ketones is 2. The summed E-state index contributed by atoms with van der Waals surface area (Å²) in [5.74, 6) is -1.30. The van der Waals surface area contributed by atoms with E-state index in [0.717, 1.165) is 12.0 Å². The molecular weight excluding hydrogens is 284 g/mol. The van der Waals surface area contributed by atoms with Crippen LogP contribution in [0.25, 0.3) is 11.1 Å². The molecule has 0 fully saturated rings. The van der Waals surface area contributed by atoms with Crippen molar-refractivity contribution in [2.75, 3.05) is 0 Å². The third kappa shape index (κ3) is 1.54. The van der Waals surface area contributed by atoms with E-state index in [1.807, 2.05) is 18.2 Å². The number of nitrogens with zero attached hydrogens (tertiary/aromatic N) is 2. The van der Waals surface area contributed by atoms with Gasteiger partial charge in [0, 0.05) is 11.6 Å². The van der Waals surface area contributed by atoms with Gasteiger partial charge in [-0.25, -0.2) is 4.98 Å². The Hall–Kier alpha value is -3.28. The SMILES string of the molecule is O=C1c2ncoc2C(=O)c2c1c(-c1ccccc1)cc[n+]2[O-]. The zero-order valence-electron chi connectivity index (χ0n) is 11.1. The Labute approximate surface area is 124 Å². The lowest BCUT2D eigenvalue weighted by Crippen LogP contribution is -2.40. The van der Waals surface area contributed by atoms with Crippen LogP contribution in [-0.2, 0) is 0 Å². The van der Waals surface area contributed by atoms with Crippen molar-refractivity contribution in [2.45, 2.75) is 0 Å². The minimum absolute atomic E-state index is 0.0547. The summed E-state index contributed by atoms with van der Waals surface area (Å²) in [5.41, 5.74) is 1.05. The van der Waals surface area contributed by atoms with Crippen LogP contribution in [0.2, 0.25) is 0 Å². The topological polar surface area (TPSA) is 87.1 Å². The van der Waals surface area contributed by atoms with Crippen molar-refractivity contribution in [1.29, 1.82) is 0 Å². The molecule has 0 bridgehead atoms. The molecule has 0 saturated carbocycles. The summed E-state index contributed by atoms with van der Waals surface area (Å²) >= 11 is 0. The fourth-order valence-corrected chi connectivity index (χ4v) is 2.63. The largest absolute Gasteiger partial charge is 0.618 e. The molecular formula is C16H8N2O4. The predicted molar refractivity (Wildman–Crippen MR) is 74.2 cm³/mol. The van der Waals surface area contributed by atoms with Crippen molar-refractivity contribution in [1.82, 2.24) is 4.98 Å². The van der Waals surface area contributed by atoms with Gasteiger partial charge in [0.15, 0.2) is 18.3 Å². The molecule has 106 valence electrons. The summed E-state index contributed by atoms with van der Waals surface area (Å²) in [7, 11) is 0. The molecule has 0 spiro atoms. The van der Waals surface area contributed by atoms with Gasteiger partial charge < -0.3 is 9.62 Å². The highest BCUT2D eigenvalue weighted by Crippen LogP contribution is 2.31. The first kappa shape index (κ1) is 12.5. The number of aromatic nitrogens is 2. The zero-order chi connectivity index (χ0) is 15.3. The first-order valence-electron chi connectivity index (χ1n) is 6.53. The lowest BCUT2D eigenvalue weighted by Gasteiger charge is -2.15. The second-order valence-electron chi connectivity index (χ2n) is 4.83. The third-order valence-corrected chi connectivity index (χ3v) is 3.62. The van der Waals surface area contributed by atoms with Crippen LogP contribution < -0.4 is 4.73 Å². The van der Waals surface area contributed by atoms with Crippen molar-refractivity contribution in [3.63, 3.8) is 0 Å². The lowest BCUT2D eigenvalue weighted by atomic mass is 9.88. The number of benzene rings is 1. The van der Waals surface area contributed by atoms with Gasteiger partial charge in [-0.2, -0.15) is 4.73 Å². The number of fused-ring (bicyclic) bond motifs is 2. The van der Waals surface area contributed by atoms with Gasteiger partial charge in [0.05, 0.1) is 0 Å². The average molecular weight is 292 g/mol. The Morgan fingerprint density at radius 2 is 1.82 bits per heavy atom. The quantitative estimate of drug-likeness (QED) is 0.394. The van der Waals surface area contributed by atoms with Gasteiger partial charge in [0.2, 0.25) is 11.5 Å². The molecule has 0 saturated heterocycles. The van der Waals surface area contributed by atoms with Crippen LogP contribution in [0.4, 0.5) is 0 Å². The van der Waals surface area contributed by atoms with Crippen molar-refractivity contribution < 1.29 is 18.7 Å². The molecule has 0 aliphatic heterocycles. The first-order chi connectivity index (χ1) is 10.7. The summed E-state index contributed by atoms with van der Waals surface area (Å²) in [4.78, 5) is 28.8. The molecule has 0 N–H and O–H groups in total. The number of oxazole rings is 1. The summed E-state index contributed by atoms with van der Waals surface area (Å²) in [5, 5.41) is 12.0. The van der Waals surface area contributed by atoms with E-state index < -0.39 is 11.6 Å². The molecule has 3 aromatic rings. The number of carbonyl (C=O) groups excluding carboxylic acids is 2. The molecule has 1 aliphatic rings. The van der Waals surface area contributed by atoms with E-state index >= 15 is 0 Å². The van der Waals surface area contributed by atoms with E-state index in [-0.39, 0.29) is 22.7 Å². The molecule has 22 heavy (non-hydrogen) atoms. The highest BCUT2D eigenvalue weighted by atomic mass is 16.5. The minimum atomic E-state index is -0.630. The monoisotopic (exact) mass is 292 g/mol. The molecule has 2 heterocycles. The fourth-order valence-electron chi connectivity index (χ4n) is 2.63. The van der Waals surface area contributed by atoms with Crippen LogP contribution >= 0.6 is 0 Å². The Morgan fingerprint density at radius 3 is 2.59 bits per heavy atom. The summed E-state index contributed by atoms with van der Waals surface area (Å²) in [6, 6.07) is 10.6. The molecule has 1 aliphatic carbocycles. The van der Waals surface area contributed by atoms with Crippen LogP contribution in [-0.4, -0.2) is 16.6 Å². The van der Waals surface area contributed by atoms with Gasteiger partial charge in [0.1, 0.15) is 5.56 Å². The molecule has 2 aromatic heterocycles. The normalized spacial score (nSPS) is 12.9. The van der Waals surface area contributed by atoms with Crippen molar-refractivity contribution in [2.24, 2.45) is 0 Å². The van der Waals surface area contributed by atoms with Crippen molar-refractivity contribution in [3.05, 3.63) is 76.9 Å². The maximum Gasteiger partial charge on any atom is 0.296 e. The number of carbonyl (C=O) groups is 2. The van der Waals surface area contributed by atoms with Gasteiger partial charge in [0.25, 0.3) is 11.5 Å². The second kappa shape index (κ2) is 4.36. The summed E-state index contributed by atoms with van der Waals surface area (Å²) in [6.45, 7) is 0. The molecule has 0 radical (unpaired) electrons. The third-order valence-electron chi connectivity index (χ3n) is 3.62. The van der Waals surface area contributed by atoms with E-state index in [4.69, 9.17) is 4.42 Å². The van der Waals surface area contributed by atoms with Crippen molar-refractivity contribution in [3.8, 4) is 11.1 Å². The van der Waals surface area contributed by atoms with Crippen LogP contribution in [0, 0.1) is 5.21 Å². The molecule has 0 atom stereocenters. The van der Waals surface area contributed by atoms with E-state index in [0.29, 0.717) is 10.3 Å². The Balaban J connectivity index is 2.07. The van der Waals surface area contributed by atoms with Crippen LogP contribution in [0.5, 0.6) is 0 Å².